The molecule has 1 aromatic heterocycles. The van der Waals surface area contributed by atoms with Crippen molar-refractivity contribution >= 4 is 12.0 Å². The van der Waals surface area contributed by atoms with Crippen LogP contribution in [0.5, 0.6) is 0 Å². The number of hydrogen-bond donors (Lipinski definition) is 1. The summed E-state index contributed by atoms with van der Waals surface area (Å²) >= 11 is 0. The number of carbonyl (C=O) groups is 1. The Morgan fingerprint density at radius 2 is 2.27 bits per heavy atom. The van der Waals surface area contributed by atoms with Crippen molar-refractivity contribution in [3.05, 3.63) is 30.2 Å². The maximum Gasteiger partial charge on any atom is 0.246 e. The van der Waals surface area contributed by atoms with Gasteiger partial charge in [0, 0.05) is 37.8 Å². The number of fused-ring (bicyclic) bond motifs is 1. The average molecular weight is 358 g/mol. The van der Waals surface area contributed by atoms with Gasteiger partial charge < -0.3 is 19.3 Å². The molecular formula is C21H30N2O3. The summed E-state index contributed by atoms with van der Waals surface area (Å²) in [4.78, 5) is 16.8. The number of rotatable bonds is 5. The van der Waals surface area contributed by atoms with Gasteiger partial charge in [0.2, 0.25) is 5.91 Å². The van der Waals surface area contributed by atoms with Gasteiger partial charge in [-0.05, 0) is 69.0 Å². The molecule has 3 atom stereocenters. The van der Waals surface area contributed by atoms with Crippen molar-refractivity contribution < 1.29 is 14.3 Å². The monoisotopic (exact) mass is 358 g/mol. The van der Waals surface area contributed by atoms with E-state index in [1.807, 2.05) is 18.0 Å². The second-order valence-electron chi connectivity index (χ2n) is 8.54. The summed E-state index contributed by atoms with van der Waals surface area (Å²) in [6.07, 6.45) is 13.0. The van der Waals surface area contributed by atoms with Gasteiger partial charge in [0.15, 0.2) is 0 Å². The van der Waals surface area contributed by atoms with Crippen molar-refractivity contribution in [2.45, 2.75) is 50.2 Å². The average Bonchev–Trinajstić information content (AvgIpc) is 3.29. The maximum absolute atomic E-state index is 12.5. The first-order valence-corrected chi connectivity index (χ1v) is 9.95. The molecule has 0 spiro atoms. The highest BCUT2D eigenvalue weighted by atomic mass is 16.3. The van der Waals surface area contributed by atoms with E-state index >= 15 is 0 Å². The first kappa shape index (κ1) is 17.8. The lowest BCUT2D eigenvalue weighted by Crippen LogP contribution is -2.58. The summed E-state index contributed by atoms with van der Waals surface area (Å²) in [5, 5.41) is 11.2. The van der Waals surface area contributed by atoms with Gasteiger partial charge in [-0.15, -0.1) is 0 Å². The van der Waals surface area contributed by atoms with Crippen molar-refractivity contribution in [1.29, 1.82) is 0 Å². The van der Waals surface area contributed by atoms with Gasteiger partial charge in [-0.1, -0.05) is 0 Å². The van der Waals surface area contributed by atoms with E-state index in [0.717, 1.165) is 56.8 Å². The fourth-order valence-corrected chi connectivity index (χ4v) is 4.69. The minimum Gasteiger partial charge on any atom is -0.472 e. The SMILES string of the molecule is CN(C(=O)/C=C/c1ccoc1)C1CCC2(O)CN(CC3CC3)CCC2C1. The van der Waals surface area contributed by atoms with E-state index in [1.54, 1.807) is 24.7 Å². The predicted molar refractivity (Wildman–Crippen MR) is 100 cm³/mol. The van der Waals surface area contributed by atoms with E-state index < -0.39 is 5.60 Å². The van der Waals surface area contributed by atoms with E-state index in [4.69, 9.17) is 4.42 Å². The highest BCUT2D eigenvalue weighted by molar-refractivity contribution is 5.91. The van der Waals surface area contributed by atoms with Gasteiger partial charge in [0.25, 0.3) is 0 Å². The number of carbonyl (C=O) groups excluding carboxylic acids is 1. The summed E-state index contributed by atoms with van der Waals surface area (Å²) in [7, 11) is 1.89. The molecule has 1 N–H and O–H groups in total. The standard InChI is InChI=1S/C21H30N2O3/c1-22(20(24)5-4-17-8-11-26-14-17)19-6-9-21(25)15-23(13-16-2-3-16)10-7-18(21)12-19/h4-5,8,11,14,16,18-19,25H,2-3,6-7,9-10,12-13,15H2,1H3/b5-4+. The molecule has 3 aliphatic rings. The summed E-state index contributed by atoms with van der Waals surface area (Å²) in [6.45, 7) is 3.07. The quantitative estimate of drug-likeness (QED) is 0.823. The number of amides is 1. The van der Waals surface area contributed by atoms with Gasteiger partial charge >= 0.3 is 0 Å². The van der Waals surface area contributed by atoms with E-state index in [-0.39, 0.29) is 11.9 Å². The zero-order valence-electron chi connectivity index (χ0n) is 15.6. The molecule has 5 nitrogen and oxygen atoms in total. The largest absolute Gasteiger partial charge is 0.472 e. The molecule has 26 heavy (non-hydrogen) atoms. The molecule has 1 aromatic rings. The molecule has 0 bridgehead atoms. The third kappa shape index (κ3) is 3.89. The first-order valence-electron chi connectivity index (χ1n) is 9.95. The van der Waals surface area contributed by atoms with Crippen LogP contribution in [0.15, 0.2) is 29.1 Å². The van der Waals surface area contributed by atoms with Crippen LogP contribution in [0.4, 0.5) is 0 Å². The van der Waals surface area contributed by atoms with Crippen LogP contribution in [0.1, 0.15) is 44.1 Å². The van der Waals surface area contributed by atoms with Crippen LogP contribution < -0.4 is 0 Å². The minimum absolute atomic E-state index is 0.0211. The molecule has 5 heteroatoms. The summed E-state index contributed by atoms with van der Waals surface area (Å²) in [5.41, 5.74) is 0.341. The van der Waals surface area contributed by atoms with Crippen molar-refractivity contribution in [3.8, 4) is 0 Å². The van der Waals surface area contributed by atoms with Gasteiger partial charge in [-0.25, -0.2) is 0 Å². The highest BCUT2D eigenvalue weighted by Crippen LogP contribution is 2.42. The lowest BCUT2D eigenvalue weighted by atomic mass is 9.69. The van der Waals surface area contributed by atoms with Crippen LogP contribution in [0.3, 0.4) is 0 Å². The fourth-order valence-electron chi connectivity index (χ4n) is 4.69. The van der Waals surface area contributed by atoms with Crippen molar-refractivity contribution in [1.82, 2.24) is 9.80 Å². The lowest BCUT2D eigenvalue weighted by molar-refractivity contribution is -0.136. The molecule has 142 valence electrons. The minimum atomic E-state index is -0.555. The third-order valence-electron chi connectivity index (χ3n) is 6.59. The molecule has 1 aliphatic heterocycles. The van der Waals surface area contributed by atoms with Gasteiger partial charge in [-0.2, -0.15) is 0 Å². The van der Waals surface area contributed by atoms with Crippen LogP contribution in [0.2, 0.25) is 0 Å². The number of furan rings is 1. The van der Waals surface area contributed by atoms with E-state index in [0.29, 0.717) is 5.92 Å². The molecule has 0 aromatic carbocycles. The number of aliphatic hydroxyl groups is 1. The smallest absolute Gasteiger partial charge is 0.246 e. The zero-order chi connectivity index (χ0) is 18.1. The molecule has 4 rings (SSSR count). The Balaban J connectivity index is 1.33. The van der Waals surface area contributed by atoms with Crippen molar-refractivity contribution in [2.75, 3.05) is 26.7 Å². The van der Waals surface area contributed by atoms with E-state index in [9.17, 15) is 9.90 Å². The number of likely N-dealkylation sites (tertiary alicyclic amines) is 1. The van der Waals surface area contributed by atoms with Crippen LogP contribution in [-0.2, 0) is 4.79 Å². The summed E-state index contributed by atoms with van der Waals surface area (Å²) in [6, 6.07) is 2.05. The van der Waals surface area contributed by atoms with Crippen molar-refractivity contribution in [3.63, 3.8) is 0 Å². The summed E-state index contributed by atoms with van der Waals surface area (Å²) < 4.78 is 5.02. The Morgan fingerprint density at radius 3 is 3.00 bits per heavy atom. The lowest BCUT2D eigenvalue weighted by Gasteiger charge is -2.50. The Bertz CT molecular complexity index is 652. The number of hydrogen-bond acceptors (Lipinski definition) is 4. The number of likely N-dealkylation sites (N-methyl/N-ethyl adjacent to an activating group) is 1. The second kappa shape index (κ2) is 7.20. The van der Waals surface area contributed by atoms with Gasteiger partial charge in [0.1, 0.15) is 0 Å². The number of piperidine rings is 1. The van der Waals surface area contributed by atoms with Gasteiger partial charge in [-0.3, -0.25) is 4.79 Å². The van der Waals surface area contributed by atoms with Crippen molar-refractivity contribution in [2.24, 2.45) is 11.8 Å². The number of β-amino-alcohol motifs (C(OH)–C–C–N with tert-alkyl or cyclic N) is 1. The van der Waals surface area contributed by atoms with E-state index in [2.05, 4.69) is 4.90 Å². The Kier molecular flexibility index (Phi) is 4.93. The molecule has 2 aliphatic carbocycles. The third-order valence-corrected chi connectivity index (χ3v) is 6.59. The Labute approximate surface area is 155 Å². The van der Waals surface area contributed by atoms with Crippen LogP contribution in [0, 0.1) is 11.8 Å². The maximum atomic E-state index is 12.5. The molecule has 2 saturated carbocycles. The van der Waals surface area contributed by atoms with Crippen LogP contribution in [-0.4, -0.2) is 59.1 Å². The highest BCUT2D eigenvalue weighted by Gasteiger charge is 2.47. The number of nitrogens with zero attached hydrogens (tertiary/aromatic N) is 2. The first-order chi connectivity index (χ1) is 12.5. The molecule has 3 fully saturated rings. The molecule has 3 unspecified atom stereocenters. The second-order valence-corrected chi connectivity index (χ2v) is 8.54. The zero-order valence-corrected chi connectivity index (χ0v) is 15.6. The van der Waals surface area contributed by atoms with E-state index in [1.165, 1.54) is 12.8 Å². The molecule has 1 amide bonds. The molecule has 1 saturated heterocycles. The van der Waals surface area contributed by atoms with Gasteiger partial charge in [0.05, 0.1) is 18.1 Å². The topological polar surface area (TPSA) is 56.9 Å². The van der Waals surface area contributed by atoms with Crippen LogP contribution >= 0.6 is 0 Å². The predicted octanol–water partition coefficient (Wildman–Crippen LogP) is 2.77. The summed E-state index contributed by atoms with van der Waals surface area (Å²) in [5.74, 6) is 1.20. The molecular weight excluding hydrogens is 328 g/mol. The molecule has 0 radical (unpaired) electrons. The normalized spacial score (nSPS) is 32.5. The fraction of sp³-hybridized carbons (Fsp3) is 0.667. The van der Waals surface area contributed by atoms with Crippen LogP contribution in [0.25, 0.3) is 6.08 Å². The Morgan fingerprint density at radius 1 is 1.42 bits per heavy atom. The Hall–Kier alpha value is -1.59. The molecule has 2 heterocycles.